The van der Waals surface area contributed by atoms with E-state index in [-0.39, 0.29) is 5.91 Å². The second kappa shape index (κ2) is 4.63. The zero-order chi connectivity index (χ0) is 12.4. The minimum atomic E-state index is -0.443. The standard InChI is InChI=1S/C12H16N2O3/c1-17-11-5-9-6-14(12(16)7-15)3-2-8(9)4-10(11)13/h4-5,15H,2-3,6-7,13H2,1H3. The van der Waals surface area contributed by atoms with Crippen LogP contribution in [-0.4, -0.2) is 36.2 Å². The normalized spacial score (nSPS) is 14.4. The molecule has 0 spiro atoms. The summed E-state index contributed by atoms with van der Waals surface area (Å²) in [6.45, 7) is 0.685. The van der Waals surface area contributed by atoms with Gasteiger partial charge in [0.15, 0.2) is 0 Å². The predicted molar refractivity (Wildman–Crippen MR) is 63.6 cm³/mol. The maximum Gasteiger partial charge on any atom is 0.248 e. The number of fused-ring (bicyclic) bond motifs is 1. The molecule has 0 saturated heterocycles. The first-order valence-corrected chi connectivity index (χ1v) is 5.49. The van der Waals surface area contributed by atoms with E-state index in [0.29, 0.717) is 24.5 Å². The van der Waals surface area contributed by atoms with Gasteiger partial charge in [0.05, 0.1) is 12.8 Å². The molecule has 3 N–H and O–H groups in total. The Kier molecular flexibility index (Phi) is 3.19. The van der Waals surface area contributed by atoms with E-state index < -0.39 is 6.61 Å². The van der Waals surface area contributed by atoms with Gasteiger partial charge in [-0.1, -0.05) is 0 Å². The molecule has 0 saturated carbocycles. The molecule has 1 aromatic carbocycles. The molecular weight excluding hydrogens is 220 g/mol. The van der Waals surface area contributed by atoms with Crippen molar-refractivity contribution < 1.29 is 14.6 Å². The van der Waals surface area contributed by atoms with E-state index in [1.807, 2.05) is 12.1 Å². The number of nitrogens with zero attached hydrogens (tertiary/aromatic N) is 1. The molecule has 5 nitrogen and oxygen atoms in total. The van der Waals surface area contributed by atoms with E-state index in [2.05, 4.69) is 0 Å². The molecule has 1 heterocycles. The number of nitrogen functional groups attached to an aromatic ring is 1. The van der Waals surface area contributed by atoms with E-state index in [0.717, 1.165) is 17.5 Å². The molecule has 0 aromatic heterocycles. The molecule has 2 rings (SSSR count). The summed E-state index contributed by atoms with van der Waals surface area (Å²) in [5.41, 5.74) is 8.62. The van der Waals surface area contributed by atoms with E-state index in [1.165, 1.54) is 0 Å². The second-order valence-electron chi connectivity index (χ2n) is 4.09. The number of aliphatic hydroxyl groups excluding tert-OH is 1. The van der Waals surface area contributed by atoms with Crippen molar-refractivity contribution in [1.82, 2.24) is 4.90 Å². The first kappa shape index (κ1) is 11.7. The zero-order valence-electron chi connectivity index (χ0n) is 9.77. The van der Waals surface area contributed by atoms with Crippen LogP contribution in [0.4, 0.5) is 5.69 Å². The van der Waals surface area contributed by atoms with Gasteiger partial charge in [-0.2, -0.15) is 0 Å². The monoisotopic (exact) mass is 236 g/mol. The van der Waals surface area contributed by atoms with Gasteiger partial charge in [-0.05, 0) is 29.7 Å². The fraction of sp³-hybridized carbons (Fsp3) is 0.417. The first-order valence-electron chi connectivity index (χ1n) is 5.49. The summed E-state index contributed by atoms with van der Waals surface area (Å²) in [4.78, 5) is 13.1. The summed E-state index contributed by atoms with van der Waals surface area (Å²) in [5, 5.41) is 8.84. The highest BCUT2D eigenvalue weighted by molar-refractivity contribution is 5.77. The van der Waals surface area contributed by atoms with E-state index in [4.69, 9.17) is 15.6 Å². The Labute approximate surface area is 99.8 Å². The minimum Gasteiger partial charge on any atom is -0.495 e. The topological polar surface area (TPSA) is 75.8 Å². The Hall–Kier alpha value is -1.75. The van der Waals surface area contributed by atoms with Crippen LogP contribution in [0.15, 0.2) is 12.1 Å². The summed E-state index contributed by atoms with van der Waals surface area (Å²) >= 11 is 0. The first-order chi connectivity index (χ1) is 8.15. The lowest BCUT2D eigenvalue weighted by Gasteiger charge is -2.29. The molecule has 0 aliphatic carbocycles. The van der Waals surface area contributed by atoms with Gasteiger partial charge < -0.3 is 20.5 Å². The fourth-order valence-electron chi connectivity index (χ4n) is 2.10. The molecule has 1 amide bonds. The average Bonchev–Trinajstić information content (AvgIpc) is 2.36. The summed E-state index contributed by atoms with van der Waals surface area (Å²) in [6.07, 6.45) is 0.759. The lowest BCUT2D eigenvalue weighted by molar-refractivity contribution is -0.135. The molecule has 17 heavy (non-hydrogen) atoms. The van der Waals surface area contributed by atoms with Crippen molar-refractivity contribution >= 4 is 11.6 Å². The number of anilines is 1. The molecule has 1 aliphatic heterocycles. The number of rotatable bonds is 2. The summed E-state index contributed by atoms with van der Waals surface area (Å²) in [6, 6.07) is 3.76. The van der Waals surface area contributed by atoms with Crippen LogP contribution in [0.25, 0.3) is 0 Å². The van der Waals surface area contributed by atoms with Gasteiger partial charge in [-0.15, -0.1) is 0 Å². The number of methoxy groups -OCH3 is 1. The SMILES string of the molecule is COc1cc2c(cc1N)CCN(C(=O)CO)C2. The quantitative estimate of drug-likeness (QED) is 0.717. The van der Waals surface area contributed by atoms with Crippen LogP contribution in [0.2, 0.25) is 0 Å². The summed E-state index contributed by atoms with van der Waals surface area (Å²) < 4.78 is 5.16. The third kappa shape index (κ3) is 2.19. The maximum atomic E-state index is 11.4. The number of carbonyl (C=O) groups excluding carboxylic acids is 1. The molecule has 0 atom stereocenters. The van der Waals surface area contributed by atoms with Gasteiger partial charge >= 0.3 is 0 Å². The highest BCUT2D eigenvalue weighted by Gasteiger charge is 2.21. The maximum absolute atomic E-state index is 11.4. The van der Waals surface area contributed by atoms with Crippen LogP contribution in [-0.2, 0) is 17.8 Å². The largest absolute Gasteiger partial charge is 0.495 e. The Morgan fingerprint density at radius 3 is 2.94 bits per heavy atom. The Bertz CT molecular complexity index is 446. The average molecular weight is 236 g/mol. The number of hydrogen-bond acceptors (Lipinski definition) is 4. The third-order valence-electron chi connectivity index (χ3n) is 3.05. The van der Waals surface area contributed by atoms with Gasteiger partial charge in [0.1, 0.15) is 12.4 Å². The lowest BCUT2D eigenvalue weighted by Crippen LogP contribution is -2.37. The van der Waals surface area contributed by atoms with E-state index in [9.17, 15) is 4.79 Å². The molecular formula is C12H16N2O3. The lowest BCUT2D eigenvalue weighted by atomic mass is 9.98. The molecule has 5 heteroatoms. The molecule has 0 bridgehead atoms. The third-order valence-corrected chi connectivity index (χ3v) is 3.05. The van der Waals surface area contributed by atoms with Gasteiger partial charge in [0.25, 0.3) is 0 Å². The molecule has 92 valence electrons. The predicted octanol–water partition coefficient (Wildman–Crippen LogP) is 0.154. The van der Waals surface area contributed by atoms with Crippen LogP contribution in [0.5, 0.6) is 5.75 Å². The Morgan fingerprint density at radius 1 is 1.53 bits per heavy atom. The van der Waals surface area contributed by atoms with E-state index in [1.54, 1.807) is 12.0 Å². The number of hydrogen-bond donors (Lipinski definition) is 2. The van der Waals surface area contributed by atoms with Gasteiger partial charge in [-0.3, -0.25) is 4.79 Å². The highest BCUT2D eigenvalue weighted by atomic mass is 16.5. The Morgan fingerprint density at radius 2 is 2.29 bits per heavy atom. The molecule has 1 aliphatic rings. The van der Waals surface area contributed by atoms with Crippen LogP contribution < -0.4 is 10.5 Å². The molecule has 0 unspecified atom stereocenters. The van der Waals surface area contributed by atoms with E-state index >= 15 is 0 Å². The van der Waals surface area contributed by atoms with Crippen LogP contribution in [0.1, 0.15) is 11.1 Å². The summed E-state index contributed by atoms with van der Waals surface area (Å²) in [7, 11) is 1.57. The number of nitrogens with two attached hydrogens (primary N) is 1. The zero-order valence-corrected chi connectivity index (χ0v) is 9.77. The minimum absolute atomic E-state index is 0.244. The molecule has 1 aromatic rings. The van der Waals surface area contributed by atoms with Crippen LogP contribution >= 0.6 is 0 Å². The number of ether oxygens (including phenoxy) is 1. The number of amides is 1. The Balaban J connectivity index is 2.28. The van der Waals surface area contributed by atoms with Crippen LogP contribution in [0.3, 0.4) is 0 Å². The van der Waals surface area contributed by atoms with Gasteiger partial charge in [0.2, 0.25) is 5.91 Å². The van der Waals surface area contributed by atoms with Crippen molar-refractivity contribution in [1.29, 1.82) is 0 Å². The van der Waals surface area contributed by atoms with Crippen molar-refractivity contribution in [2.24, 2.45) is 0 Å². The highest BCUT2D eigenvalue weighted by Crippen LogP contribution is 2.29. The van der Waals surface area contributed by atoms with Crippen molar-refractivity contribution in [3.8, 4) is 5.75 Å². The van der Waals surface area contributed by atoms with Crippen LogP contribution in [0, 0.1) is 0 Å². The summed E-state index contributed by atoms with van der Waals surface area (Å²) in [5.74, 6) is 0.383. The smallest absolute Gasteiger partial charge is 0.248 e. The van der Waals surface area contributed by atoms with Crippen molar-refractivity contribution in [3.05, 3.63) is 23.3 Å². The second-order valence-corrected chi connectivity index (χ2v) is 4.09. The number of carbonyl (C=O) groups is 1. The number of benzene rings is 1. The molecule has 0 fully saturated rings. The van der Waals surface area contributed by atoms with Gasteiger partial charge in [-0.25, -0.2) is 0 Å². The number of aliphatic hydroxyl groups is 1. The van der Waals surface area contributed by atoms with Crippen molar-refractivity contribution in [2.75, 3.05) is 26.0 Å². The molecule has 0 radical (unpaired) electrons. The van der Waals surface area contributed by atoms with Crippen molar-refractivity contribution in [3.63, 3.8) is 0 Å². The van der Waals surface area contributed by atoms with Crippen molar-refractivity contribution in [2.45, 2.75) is 13.0 Å². The fourth-order valence-corrected chi connectivity index (χ4v) is 2.10. The van der Waals surface area contributed by atoms with Gasteiger partial charge in [0, 0.05) is 13.1 Å².